The van der Waals surface area contributed by atoms with Crippen LogP contribution >= 0.6 is 22.9 Å². The Morgan fingerprint density at radius 2 is 2.14 bits per heavy atom. The van der Waals surface area contributed by atoms with Crippen molar-refractivity contribution >= 4 is 45.5 Å². The number of nitrogens with zero attached hydrogens (tertiary/aromatic N) is 2. The third kappa shape index (κ3) is 2.95. The van der Waals surface area contributed by atoms with E-state index in [1.165, 1.54) is 28.2 Å². The minimum absolute atomic E-state index is 0.0905. The van der Waals surface area contributed by atoms with Crippen molar-refractivity contribution in [2.24, 2.45) is 0 Å². The summed E-state index contributed by atoms with van der Waals surface area (Å²) in [5.74, 6) is -0.996. The van der Waals surface area contributed by atoms with Crippen molar-refractivity contribution in [1.29, 1.82) is 5.26 Å². The van der Waals surface area contributed by atoms with Crippen molar-refractivity contribution in [3.05, 3.63) is 56.7 Å². The molecule has 142 valence electrons. The van der Waals surface area contributed by atoms with Crippen LogP contribution in [0.2, 0.25) is 5.02 Å². The van der Waals surface area contributed by atoms with Crippen LogP contribution in [0.1, 0.15) is 33.6 Å². The monoisotopic (exact) mass is 413 g/mol. The van der Waals surface area contributed by atoms with Crippen LogP contribution in [0.15, 0.2) is 35.7 Å². The predicted octanol–water partition coefficient (Wildman–Crippen LogP) is 4.26. The molecule has 1 amide bonds. The Bertz CT molecular complexity index is 1070. The van der Waals surface area contributed by atoms with Crippen LogP contribution in [0, 0.1) is 11.3 Å². The zero-order valence-corrected chi connectivity index (χ0v) is 16.6. The lowest BCUT2D eigenvalue weighted by Gasteiger charge is -2.31. The molecule has 8 heteroatoms. The SMILES string of the molecule is COC(=O)/C(C#N)=C1\Nc2sc3c(c2C(=O)N1c1cccc(Cl)c1)CCCC3. The van der Waals surface area contributed by atoms with E-state index in [1.54, 1.807) is 24.3 Å². The van der Waals surface area contributed by atoms with Gasteiger partial charge >= 0.3 is 5.97 Å². The number of hydrogen-bond acceptors (Lipinski definition) is 6. The second-order valence-corrected chi connectivity index (χ2v) is 8.03. The average Bonchev–Trinajstić information content (AvgIpc) is 3.07. The van der Waals surface area contributed by atoms with E-state index in [0.717, 1.165) is 31.2 Å². The summed E-state index contributed by atoms with van der Waals surface area (Å²) in [7, 11) is 1.20. The number of fused-ring (bicyclic) bond motifs is 3. The largest absolute Gasteiger partial charge is 0.465 e. The Morgan fingerprint density at radius 1 is 1.36 bits per heavy atom. The average molecular weight is 414 g/mol. The van der Waals surface area contributed by atoms with Gasteiger partial charge in [0.2, 0.25) is 0 Å². The van der Waals surface area contributed by atoms with Gasteiger partial charge in [0.15, 0.2) is 5.57 Å². The van der Waals surface area contributed by atoms with Crippen LogP contribution < -0.4 is 10.2 Å². The maximum absolute atomic E-state index is 13.6. The fraction of sp³-hybridized carbons (Fsp3) is 0.250. The molecule has 0 bridgehead atoms. The molecule has 1 aliphatic carbocycles. The lowest BCUT2D eigenvalue weighted by molar-refractivity contribution is -0.135. The van der Waals surface area contributed by atoms with Crippen LogP contribution in [0.4, 0.5) is 10.7 Å². The van der Waals surface area contributed by atoms with E-state index in [4.69, 9.17) is 16.3 Å². The highest BCUT2D eigenvalue weighted by atomic mass is 35.5. The third-order valence-electron chi connectivity index (χ3n) is 4.85. The number of halogens is 1. The number of benzene rings is 1. The lowest BCUT2D eigenvalue weighted by Crippen LogP contribution is -2.40. The number of nitriles is 1. The fourth-order valence-corrected chi connectivity index (χ4v) is 5.06. The van der Waals surface area contributed by atoms with E-state index in [0.29, 0.717) is 21.3 Å². The number of ether oxygens (including phenoxy) is 1. The molecule has 1 aromatic carbocycles. The van der Waals surface area contributed by atoms with Crippen molar-refractivity contribution in [2.45, 2.75) is 25.7 Å². The van der Waals surface area contributed by atoms with Crippen molar-refractivity contribution in [3.63, 3.8) is 0 Å². The fourth-order valence-electron chi connectivity index (χ4n) is 3.59. The summed E-state index contributed by atoms with van der Waals surface area (Å²) in [4.78, 5) is 28.3. The highest BCUT2D eigenvalue weighted by Gasteiger charge is 2.38. The van der Waals surface area contributed by atoms with E-state index < -0.39 is 5.97 Å². The molecule has 0 radical (unpaired) electrons. The highest BCUT2D eigenvalue weighted by molar-refractivity contribution is 7.16. The van der Waals surface area contributed by atoms with Gasteiger partial charge in [0.05, 0.1) is 18.4 Å². The molecule has 0 atom stereocenters. The number of nitrogens with one attached hydrogen (secondary N) is 1. The molecule has 0 spiro atoms. The molecular weight excluding hydrogens is 398 g/mol. The minimum Gasteiger partial charge on any atom is -0.465 e. The molecule has 1 aliphatic heterocycles. The first kappa shape index (κ1) is 18.5. The normalized spacial score (nSPS) is 17.2. The number of thiophene rings is 1. The molecule has 0 fully saturated rings. The lowest BCUT2D eigenvalue weighted by atomic mass is 9.94. The smallest absolute Gasteiger partial charge is 0.352 e. The Hall–Kier alpha value is -2.82. The molecule has 2 heterocycles. The number of hydrogen-bond donors (Lipinski definition) is 1. The number of methoxy groups -OCH3 is 1. The van der Waals surface area contributed by atoms with Crippen molar-refractivity contribution in [3.8, 4) is 6.07 Å². The first-order valence-electron chi connectivity index (χ1n) is 8.79. The summed E-state index contributed by atoms with van der Waals surface area (Å²) < 4.78 is 4.75. The number of carbonyl (C=O) groups excluding carboxylic acids is 2. The topological polar surface area (TPSA) is 82.4 Å². The van der Waals surface area contributed by atoms with Crippen molar-refractivity contribution < 1.29 is 14.3 Å². The predicted molar refractivity (Wildman–Crippen MR) is 108 cm³/mol. The maximum atomic E-state index is 13.6. The van der Waals surface area contributed by atoms with Gasteiger partial charge in [-0.1, -0.05) is 17.7 Å². The molecular formula is C20H16ClN3O3S. The Labute approximate surface area is 171 Å². The van der Waals surface area contributed by atoms with E-state index in [9.17, 15) is 14.9 Å². The van der Waals surface area contributed by atoms with Crippen LogP contribution in [0.5, 0.6) is 0 Å². The van der Waals surface area contributed by atoms with Gasteiger partial charge in [0.1, 0.15) is 16.9 Å². The Balaban J connectivity index is 1.96. The van der Waals surface area contributed by atoms with Gasteiger partial charge in [-0.3, -0.25) is 9.69 Å². The molecule has 6 nitrogen and oxygen atoms in total. The minimum atomic E-state index is -0.811. The number of esters is 1. The zero-order valence-electron chi connectivity index (χ0n) is 15.0. The molecule has 1 aromatic heterocycles. The van der Waals surface area contributed by atoms with Crippen LogP contribution in [-0.2, 0) is 22.4 Å². The van der Waals surface area contributed by atoms with E-state index >= 15 is 0 Å². The van der Waals surface area contributed by atoms with Crippen molar-refractivity contribution in [2.75, 3.05) is 17.3 Å². The standard InChI is InChI=1S/C20H16ClN3O3S/c1-27-20(26)14(10-22)17-23-18-16(13-7-2-3-8-15(13)28-18)19(25)24(17)12-6-4-5-11(21)9-12/h4-6,9,23H,2-3,7-8H2,1H3/b17-14+. The molecule has 1 N–H and O–H groups in total. The number of amides is 1. The van der Waals surface area contributed by atoms with E-state index in [2.05, 4.69) is 5.32 Å². The first-order valence-corrected chi connectivity index (χ1v) is 9.99. The number of anilines is 2. The van der Waals surface area contributed by atoms with Gasteiger partial charge in [0, 0.05) is 9.90 Å². The molecule has 4 rings (SSSR count). The van der Waals surface area contributed by atoms with Gasteiger partial charge in [-0.15, -0.1) is 11.3 Å². The van der Waals surface area contributed by atoms with Gasteiger partial charge in [-0.05, 0) is 49.4 Å². The summed E-state index contributed by atoms with van der Waals surface area (Å²) >= 11 is 7.64. The highest BCUT2D eigenvalue weighted by Crippen LogP contribution is 2.44. The quantitative estimate of drug-likeness (QED) is 0.452. The third-order valence-corrected chi connectivity index (χ3v) is 6.29. The second kappa shape index (κ2) is 7.30. The summed E-state index contributed by atoms with van der Waals surface area (Å²) in [6, 6.07) is 8.61. The molecule has 2 aliphatic rings. The van der Waals surface area contributed by atoms with Crippen LogP contribution in [-0.4, -0.2) is 19.0 Å². The maximum Gasteiger partial charge on any atom is 0.352 e. The first-order chi connectivity index (χ1) is 13.5. The van der Waals surface area contributed by atoms with Crippen LogP contribution in [0.3, 0.4) is 0 Å². The molecule has 28 heavy (non-hydrogen) atoms. The van der Waals surface area contributed by atoms with Gasteiger partial charge in [0.25, 0.3) is 5.91 Å². The molecule has 2 aromatic rings. The summed E-state index contributed by atoms with van der Waals surface area (Å²) in [6.45, 7) is 0. The summed E-state index contributed by atoms with van der Waals surface area (Å²) in [5, 5.41) is 13.9. The summed E-state index contributed by atoms with van der Waals surface area (Å²) in [6.07, 6.45) is 3.90. The van der Waals surface area contributed by atoms with E-state index in [-0.39, 0.29) is 17.3 Å². The van der Waals surface area contributed by atoms with Gasteiger partial charge in [-0.25, -0.2) is 4.79 Å². The Morgan fingerprint density at radius 3 is 2.86 bits per heavy atom. The van der Waals surface area contributed by atoms with Crippen molar-refractivity contribution in [1.82, 2.24) is 0 Å². The van der Waals surface area contributed by atoms with E-state index in [1.807, 2.05) is 6.07 Å². The second-order valence-electron chi connectivity index (χ2n) is 6.49. The van der Waals surface area contributed by atoms with Gasteiger partial charge in [-0.2, -0.15) is 5.26 Å². The number of rotatable bonds is 2. The molecule has 0 saturated heterocycles. The molecule has 0 unspecified atom stereocenters. The zero-order chi connectivity index (χ0) is 19.8. The number of carbonyl (C=O) groups is 2. The van der Waals surface area contributed by atoms with Crippen LogP contribution in [0.25, 0.3) is 0 Å². The Kier molecular flexibility index (Phi) is 4.84. The summed E-state index contributed by atoms with van der Waals surface area (Å²) in [5.41, 5.74) is 1.88. The molecule has 0 saturated carbocycles. The number of aryl methyl sites for hydroxylation is 1. The van der Waals surface area contributed by atoms with Gasteiger partial charge < -0.3 is 10.1 Å².